The number of carbonyl (C=O) groups is 1. The first kappa shape index (κ1) is 12.4. The van der Waals surface area contributed by atoms with Gasteiger partial charge >= 0.3 is 0 Å². The van der Waals surface area contributed by atoms with Crippen LogP contribution < -0.4 is 10.9 Å². The van der Waals surface area contributed by atoms with E-state index >= 15 is 0 Å². The number of aromatic amines is 1. The molecule has 1 aromatic heterocycles. The largest absolute Gasteiger partial charge is 0.381 e. The molecule has 5 nitrogen and oxygen atoms in total. The Hall–Kier alpha value is -1.62. The van der Waals surface area contributed by atoms with Gasteiger partial charge in [-0.1, -0.05) is 0 Å². The summed E-state index contributed by atoms with van der Waals surface area (Å²) in [7, 11) is 0. The summed E-state index contributed by atoms with van der Waals surface area (Å²) >= 11 is 0. The molecule has 1 aliphatic carbocycles. The van der Waals surface area contributed by atoms with Crippen LogP contribution in [-0.2, 0) is 17.6 Å². The molecule has 1 aliphatic heterocycles. The summed E-state index contributed by atoms with van der Waals surface area (Å²) in [6.07, 6.45) is 3.88. The zero-order valence-electron chi connectivity index (χ0n) is 10.8. The number of nitrogens with one attached hydrogen (secondary N) is 2. The second-order valence-corrected chi connectivity index (χ2v) is 5.31. The van der Waals surface area contributed by atoms with E-state index in [-0.39, 0.29) is 17.0 Å². The molecule has 0 spiro atoms. The topological polar surface area (TPSA) is 71.2 Å². The average molecular weight is 262 g/mol. The van der Waals surface area contributed by atoms with Crippen LogP contribution in [0.25, 0.3) is 0 Å². The lowest BCUT2D eigenvalue weighted by molar-refractivity contribution is 0.0943. The van der Waals surface area contributed by atoms with Crippen molar-refractivity contribution in [3.8, 4) is 0 Å². The average Bonchev–Trinajstić information content (AvgIpc) is 3.05. The van der Waals surface area contributed by atoms with Crippen LogP contribution in [0.4, 0.5) is 0 Å². The van der Waals surface area contributed by atoms with Gasteiger partial charge in [-0.2, -0.15) is 0 Å². The molecule has 0 radical (unpaired) electrons. The maximum absolute atomic E-state index is 12.1. The second-order valence-electron chi connectivity index (χ2n) is 5.31. The zero-order valence-corrected chi connectivity index (χ0v) is 10.8. The van der Waals surface area contributed by atoms with Crippen molar-refractivity contribution in [1.29, 1.82) is 0 Å². The second kappa shape index (κ2) is 5.17. The summed E-state index contributed by atoms with van der Waals surface area (Å²) in [4.78, 5) is 26.7. The smallest absolute Gasteiger partial charge is 0.261 e. The van der Waals surface area contributed by atoms with E-state index in [1.165, 1.54) is 0 Å². The van der Waals surface area contributed by atoms with Gasteiger partial charge in [-0.3, -0.25) is 9.59 Å². The minimum Gasteiger partial charge on any atom is -0.381 e. The third-order valence-corrected chi connectivity index (χ3v) is 3.91. The van der Waals surface area contributed by atoms with Crippen molar-refractivity contribution in [1.82, 2.24) is 10.3 Å². The Balaban J connectivity index is 1.70. The van der Waals surface area contributed by atoms with E-state index in [4.69, 9.17) is 4.74 Å². The number of amides is 1. The fraction of sp³-hybridized carbons (Fsp3) is 0.571. The minimum atomic E-state index is -0.277. The highest BCUT2D eigenvalue weighted by Gasteiger charge is 2.20. The maximum atomic E-state index is 12.1. The number of aryl methyl sites for hydroxylation is 2. The Kier molecular flexibility index (Phi) is 3.38. The third kappa shape index (κ3) is 2.56. The molecule has 102 valence electrons. The van der Waals surface area contributed by atoms with Crippen LogP contribution in [0.1, 0.15) is 34.5 Å². The SMILES string of the molecule is O=C(NCC1CCOC1)c1cc2c([nH]c1=O)CCC2. The van der Waals surface area contributed by atoms with Gasteiger partial charge < -0.3 is 15.0 Å². The molecule has 0 aromatic carbocycles. The molecule has 2 N–H and O–H groups in total. The minimum absolute atomic E-state index is 0.236. The number of rotatable bonds is 3. The maximum Gasteiger partial charge on any atom is 0.261 e. The van der Waals surface area contributed by atoms with Crippen molar-refractivity contribution in [3.63, 3.8) is 0 Å². The monoisotopic (exact) mass is 262 g/mol. The molecule has 1 aromatic rings. The Labute approximate surface area is 111 Å². The van der Waals surface area contributed by atoms with Crippen LogP contribution in [0, 0.1) is 5.92 Å². The fourth-order valence-corrected chi connectivity index (χ4v) is 2.76. The molecule has 1 unspecified atom stereocenters. The molecular formula is C14H18N2O3. The van der Waals surface area contributed by atoms with Gasteiger partial charge in [0.1, 0.15) is 5.56 Å². The van der Waals surface area contributed by atoms with Crippen molar-refractivity contribution in [2.75, 3.05) is 19.8 Å². The summed E-state index contributed by atoms with van der Waals surface area (Å²) < 4.78 is 5.26. The fourth-order valence-electron chi connectivity index (χ4n) is 2.76. The molecule has 2 heterocycles. The van der Waals surface area contributed by atoms with Crippen LogP contribution in [0.3, 0.4) is 0 Å². The van der Waals surface area contributed by atoms with E-state index in [2.05, 4.69) is 10.3 Å². The van der Waals surface area contributed by atoms with Crippen molar-refractivity contribution in [2.45, 2.75) is 25.7 Å². The molecule has 5 heteroatoms. The Morgan fingerprint density at radius 3 is 3.16 bits per heavy atom. The van der Waals surface area contributed by atoms with Crippen LogP contribution in [0.5, 0.6) is 0 Å². The quantitative estimate of drug-likeness (QED) is 0.839. The number of pyridine rings is 1. The molecule has 1 amide bonds. The normalized spacial score (nSPS) is 21.4. The van der Waals surface area contributed by atoms with E-state index in [1.54, 1.807) is 6.07 Å². The lowest BCUT2D eigenvalue weighted by Crippen LogP contribution is -2.33. The summed E-state index contributed by atoms with van der Waals surface area (Å²) in [5.41, 5.74) is 2.06. The number of aromatic nitrogens is 1. The number of hydrogen-bond donors (Lipinski definition) is 2. The summed E-state index contributed by atoms with van der Waals surface area (Å²) in [5.74, 6) is 0.0975. The summed E-state index contributed by atoms with van der Waals surface area (Å²) in [5, 5.41) is 2.83. The highest BCUT2D eigenvalue weighted by molar-refractivity contribution is 5.94. The number of carbonyl (C=O) groups excluding carboxylic acids is 1. The highest BCUT2D eigenvalue weighted by atomic mass is 16.5. The van der Waals surface area contributed by atoms with E-state index in [0.29, 0.717) is 19.1 Å². The van der Waals surface area contributed by atoms with Gasteiger partial charge in [0.05, 0.1) is 6.61 Å². The Morgan fingerprint density at radius 2 is 2.37 bits per heavy atom. The van der Waals surface area contributed by atoms with E-state index in [0.717, 1.165) is 43.5 Å². The van der Waals surface area contributed by atoms with E-state index in [1.807, 2.05) is 0 Å². The molecule has 1 atom stereocenters. The van der Waals surface area contributed by atoms with Crippen LogP contribution >= 0.6 is 0 Å². The number of fused-ring (bicyclic) bond motifs is 1. The molecule has 0 bridgehead atoms. The first-order valence-corrected chi connectivity index (χ1v) is 6.85. The van der Waals surface area contributed by atoms with E-state index < -0.39 is 0 Å². The molecule has 3 rings (SSSR count). The lowest BCUT2D eigenvalue weighted by Gasteiger charge is -2.09. The van der Waals surface area contributed by atoms with Crippen molar-refractivity contribution in [3.05, 3.63) is 33.2 Å². The van der Waals surface area contributed by atoms with Gasteiger partial charge in [-0.25, -0.2) is 0 Å². The lowest BCUT2D eigenvalue weighted by atomic mass is 10.1. The van der Waals surface area contributed by atoms with Gasteiger partial charge in [0.2, 0.25) is 0 Å². The van der Waals surface area contributed by atoms with Gasteiger partial charge in [0.25, 0.3) is 11.5 Å². The predicted octanol–water partition coefficient (Wildman–Crippen LogP) is 0.630. The van der Waals surface area contributed by atoms with Gasteiger partial charge in [-0.15, -0.1) is 0 Å². The van der Waals surface area contributed by atoms with Crippen LogP contribution in [0.15, 0.2) is 10.9 Å². The molecule has 19 heavy (non-hydrogen) atoms. The van der Waals surface area contributed by atoms with Crippen molar-refractivity contribution in [2.24, 2.45) is 5.92 Å². The predicted molar refractivity (Wildman–Crippen MR) is 70.3 cm³/mol. The Morgan fingerprint density at radius 1 is 1.47 bits per heavy atom. The van der Waals surface area contributed by atoms with E-state index in [9.17, 15) is 9.59 Å². The molecular weight excluding hydrogens is 244 g/mol. The number of hydrogen-bond acceptors (Lipinski definition) is 3. The van der Waals surface area contributed by atoms with Crippen molar-refractivity contribution < 1.29 is 9.53 Å². The first-order valence-electron chi connectivity index (χ1n) is 6.85. The van der Waals surface area contributed by atoms with Crippen LogP contribution in [-0.4, -0.2) is 30.6 Å². The molecule has 1 saturated heterocycles. The standard InChI is InChI=1S/C14H18N2O3/c17-13(15-7-9-4-5-19-8-9)11-6-10-2-1-3-12(10)16-14(11)18/h6,9H,1-5,7-8H2,(H,15,17)(H,16,18). The Bertz CT molecular complexity index is 544. The van der Waals surface area contributed by atoms with Crippen LogP contribution in [0.2, 0.25) is 0 Å². The first-order chi connectivity index (χ1) is 9.24. The molecule has 2 aliphatic rings. The van der Waals surface area contributed by atoms with Gasteiger partial charge in [-0.05, 0) is 37.3 Å². The third-order valence-electron chi connectivity index (χ3n) is 3.91. The summed E-state index contributed by atoms with van der Waals surface area (Å²) in [6, 6.07) is 1.75. The van der Waals surface area contributed by atoms with Crippen molar-refractivity contribution >= 4 is 5.91 Å². The summed E-state index contributed by atoms with van der Waals surface area (Å²) in [6.45, 7) is 2.04. The zero-order chi connectivity index (χ0) is 13.2. The van der Waals surface area contributed by atoms with Gasteiger partial charge in [0.15, 0.2) is 0 Å². The number of H-pyrrole nitrogens is 1. The molecule has 1 fully saturated rings. The highest BCUT2D eigenvalue weighted by Crippen LogP contribution is 2.18. The number of ether oxygens (including phenoxy) is 1. The molecule has 0 saturated carbocycles. The van der Waals surface area contributed by atoms with Gasteiger partial charge in [0, 0.05) is 24.8 Å².